The number of rotatable bonds is 18. The molecule has 0 spiro atoms. The molecule has 1 amide bonds. The molecule has 0 fully saturated rings. The number of hydrogen-bond donors (Lipinski definition) is 0. The molecule has 27 heavy (non-hydrogen) atoms. The van der Waals surface area contributed by atoms with Crippen molar-refractivity contribution in [3.05, 3.63) is 12.2 Å². The van der Waals surface area contributed by atoms with Crippen molar-refractivity contribution in [2.24, 2.45) is 0 Å². The van der Waals surface area contributed by atoms with Gasteiger partial charge in [0.2, 0.25) is 5.91 Å². The number of carbonyl (C=O) groups is 2. The Labute approximate surface area is 189 Å². The molecule has 0 aliphatic rings. The monoisotopic (exact) mass is 389 g/mol. The first-order valence-electron chi connectivity index (χ1n) is 10.7. The second kappa shape index (κ2) is 22.0. The summed E-state index contributed by atoms with van der Waals surface area (Å²) in [5.41, 5.74) is 0. The van der Waals surface area contributed by atoms with Crippen LogP contribution in [0.1, 0.15) is 104 Å². The van der Waals surface area contributed by atoms with Crippen molar-refractivity contribution in [1.29, 1.82) is 0 Å². The summed E-state index contributed by atoms with van der Waals surface area (Å²) in [4.78, 5) is 23.8. The molecule has 0 aromatic carbocycles. The predicted molar refractivity (Wildman–Crippen MR) is 107 cm³/mol. The normalized spacial score (nSPS) is 10.7. The Balaban J connectivity index is 0. The van der Waals surface area contributed by atoms with Crippen LogP contribution in [0.5, 0.6) is 0 Å². The molecular weight excluding hydrogens is 349 g/mol. The van der Waals surface area contributed by atoms with Crippen LogP contribution in [0.25, 0.3) is 0 Å². The van der Waals surface area contributed by atoms with Gasteiger partial charge < -0.3 is 14.8 Å². The molecule has 0 N–H and O–H groups in total. The second-order valence-electron chi connectivity index (χ2n) is 7.11. The maximum atomic E-state index is 11.9. The molecule has 5 heteroatoms. The smallest absolute Gasteiger partial charge is 0.548 e. The number of carbonyl (C=O) groups excluding carboxylic acids is 2. The largest absolute Gasteiger partial charge is 1.00 e. The Kier molecular flexibility index (Phi) is 23.5. The van der Waals surface area contributed by atoms with Gasteiger partial charge in [-0.15, -0.1) is 0 Å². The van der Waals surface area contributed by atoms with Crippen molar-refractivity contribution in [1.82, 2.24) is 4.90 Å². The molecule has 0 atom stereocenters. The molecule has 0 radical (unpaired) electrons. The van der Waals surface area contributed by atoms with E-state index in [0.717, 1.165) is 25.7 Å². The average Bonchev–Trinajstić information content (AvgIpc) is 2.62. The first-order chi connectivity index (χ1) is 12.6. The predicted octanol–water partition coefficient (Wildman–Crippen LogP) is 1.63. The van der Waals surface area contributed by atoms with Crippen molar-refractivity contribution < 1.29 is 44.3 Å². The fourth-order valence-electron chi connectivity index (χ4n) is 3.04. The van der Waals surface area contributed by atoms with Crippen molar-refractivity contribution in [3.8, 4) is 0 Å². The summed E-state index contributed by atoms with van der Waals surface area (Å²) >= 11 is 0. The summed E-state index contributed by atoms with van der Waals surface area (Å²) in [6.45, 7) is 4.18. The minimum Gasteiger partial charge on any atom is -0.548 e. The van der Waals surface area contributed by atoms with E-state index in [0.29, 0.717) is 13.0 Å². The summed E-state index contributed by atoms with van der Waals surface area (Å²) in [5.74, 6) is -1.26. The summed E-state index contributed by atoms with van der Waals surface area (Å²) in [6, 6.07) is 0. The van der Waals surface area contributed by atoms with Gasteiger partial charge >= 0.3 is 29.6 Å². The quantitative estimate of drug-likeness (QED) is 0.203. The Bertz CT molecular complexity index is 386. The molecule has 0 rings (SSSR count). The van der Waals surface area contributed by atoms with Gasteiger partial charge in [-0.2, -0.15) is 0 Å². The van der Waals surface area contributed by atoms with Crippen molar-refractivity contribution in [2.75, 3.05) is 13.1 Å². The first kappa shape index (κ1) is 28.9. The SMILES string of the molecule is CCCCCCCC/C=C\CCCCCCCC(=O)N(CC)CC(=O)[O-].[Na+]. The van der Waals surface area contributed by atoms with E-state index in [4.69, 9.17) is 0 Å². The van der Waals surface area contributed by atoms with Crippen LogP contribution in [0.15, 0.2) is 12.2 Å². The van der Waals surface area contributed by atoms with Crippen LogP contribution >= 0.6 is 0 Å². The number of likely N-dealkylation sites (N-methyl/N-ethyl adjacent to an activating group) is 1. The van der Waals surface area contributed by atoms with E-state index in [1.807, 2.05) is 0 Å². The number of amides is 1. The van der Waals surface area contributed by atoms with E-state index < -0.39 is 5.97 Å². The number of allylic oxidation sites excluding steroid dienone is 2. The second-order valence-corrected chi connectivity index (χ2v) is 7.11. The van der Waals surface area contributed by atoms with Gasteiger partial charge in [0.15, 0.2) is 0 Å². The van der Waals surface area contributed by atoms with Crippen LogP contribution in [0.3, 0.4) is 0 Å². The molecule has 0 heterocycles. The molecule has 4 nitrogen and oxygen atoms in total. The van der Waals surface area contributed by atoms with E-state index in [-0.39, 0.29) is 42.0 Å². The zero-order valence-electron chi connectivity index (χ0n) is 18.1. The van der Waals surface area contributed by atoms with Crippen LogP contribution < -0.4 is 34.7 Å². The summed E-state index contributed by atoms with van der Waals surface area (Å²) in [5, 5.41) is 10.6. The molecular formula is C22H40NNaO3. The van der Waals surface area contributed by atoms with Gasteiger partial charge in [0.25, 0.3) is 0 Å². The number of aliphatic carboxylic acids is 1. The van der Waals surface area contributed by atoms with Crippen LogP contribution in [0.2, 0.25) is 0 Å². The fraction of sp³-hybridized carbons (Fsp3) is 0.818. The van der Waals surface area contributed by atoms with E-state index in [1.54, 1.807) is 6.92 Å². The Morgan fingerprint density at radius 3 is 1.74 bits per heavy atom. The summed E-state index contributed by atoms with van der Waals surface area (Å²) in [6.07, 6.45) is 21.0. The molecule has 0 aliphatic carbocycles. The minimum absolute atomic E-state index is 0. The first-order valence-corrected chi connectivity index (χ1v) is 10.7. The van der Waals surface area contributed by atoms with Crippen LogP contribution in [-0.2, 0) is 9.59 Å². The average molecular weight is 390 g/mol. The topological polar surface area (TPSA) is 60.4 Å². The van der Waals surface area contributed by atoms with E-state index in [2.05, 4.69) is 19.1 Å². The number of carboxylic acid groups (broad SMARTS) is 1. The maximum Gasteiger partial charge on any atom is 1.00 e. The van der Waals surface area contributed by atoms with Gasteiger partial charge in [0, 0.05) is 13.0 Å². The van der Waals surface area contributed by atoms with Crippen molar-refractivity contribution in [3.63, 3.8) is 0 Å². The zero-order chi connectivity index (χ0) is 19.5. The number of carboxylic acids is 1. The molecule has 0 aromatic rings. The molecule has 0 saturated carbocycles. The Hall–Kier alpha value is -0.320. The number of unbranched alkanes of at least 4 members (excludes halogenated alkanes) is 11. The minimum atomic E-state index is -1.19. The van der Waals surface area contributed by atoms with Crippen LogP contribution in [-0.4, -0.2) is 29.9 Å². The van der Waals surface area contributed by atoms with Crippen molar-refractivity contribution in [2.45, 2.75) is 104 Å². The standard InChI is InChI=1S/C22H41NO3.Na/c1-3-5-6-7-8-9-10-11-12-13-14-15-16-17-18-19-21(24)23(4-2)20-22(25)26;/h11-12H,3-10,13-20H2,1-2H3,(H,25,26);/q;+1/p-1/b12-11-;. The maximum absolute atomic E-state index is 11.9. The number of nitrogens with zero attached hydrogens (tertiary/aromatic N) is 1. The molecule has 0 saturated heterocycles. The zero-order valence-corrected chi connectivity index (χ0v) is 20.1. The third-order valence-electron chi connectivity index (χ3n) is 4.71. The van der Waals surface area contributed by atoms with Gasteiger partial charge in [-0.1, -0.05) is 70.4 Å². The Morgan fingerprint density at radius 2 is 1.26 bits per heavy atom. The Morgan fingerprint density at radius 1 is 0.778 bits per heavy atom. The third-order valence-corrected chi connectivity index (χ3v) is 4.71. The van der Waals surface area contributed by atoms with E-state index >= 15 is 0 Å². The van der Waals surface area contributed by atoms with E-state index in [9.17, 15) is 14.7 Å². The number of hydrogen-bond acceptors (Lipinski definition) is 3. The van der Waals surface area contributed by atoms with Gasteiger partial charge in [-0.05, 0) is 39.0 Å². The van der Waals surface area contributed by atoms with E-state index in [1.165, 1.54) is 62.7 Å². The van der Waals surface area contributed by atoms with Gasteiger partial charge in [-0.25, -0.2) is 0 Å². The summed E-state index contributed by atoms with van der Waals surface area (Å²) in [7, 11) is 0. The fourth-order valence-corrected chi connectivity index (χ4v) is 3.04. The molecule has 0 aromatic heterocycles. The third kappa shape index (κ3) is 20.2. The van der Waals surface area contributed by atoms with Gasteiger partial charge in [-0.3, -0.25) is 4.79 Å². The van der Waals surface area contributed by atoms with Gasteiger partial charge in [0.05, 0.1) is 12.5 Å². The van der Waals surface area contributed by atoms with Crippen LogP contribution in [0, 0.1) is 0 Å². The molecule has 0 aliphatic heterocycles. The van der Waals surface area contributed by atoms with Gasteiger partial charge in [0.1, 0.15) is 0 Å². The molecule has 152 valence electrons. The summed E-state index contributed by atoms with van der Waals surface area (Å²) < 4.78 is 0. The molecule has 0 bridgehead atoms. The molecule has 0 unspecified atom stereocenters. The van der Waals surface area contributed by atoms with Crippen LogP contribution in [0.4, 0.5) is 0 Å². The van der Waals surface area contributed by atoms with Crippen molar-refractivity contribution >= 4 is 11.9 Å².